The number of benzene rings is 1. The summed E-state index contributed by atoms with van der Waals surface area (Å²) >= 11 is 0. The standard InChI is InChI=1S/C13H16ClNO5S/c1-19-10-7-9(13(16)15-5-3-4-6-15)8-11(12(10)20-2)21(14,17)18/h7-8H,3-6H2,1-2H3. The summed E-state index contributed by atoms with van der Waals surface area (Å²) in [6.07, 6.45) is 1.89. The van der Waals surface area contributed by atoms with Crippen LogP contribution < -0.4 is 9.47 Å². The van der Waals surface area contributed by atoms with E-state index in [0.29, 0.717) is 13.1 Å². The van der Waals surface area contributed by atoms with E-state index in [1.807, 2.05) is 0 Å². The molecular weight excluding hydrogens is 318 g/mol. The van der Waals surface area contributed by atoms with Crippen molar-refractivity contribution in [2.24, 2.45) is 0 Å². The van der Waals surface area contributed by atoms with Gasteiger partial charge in [0.15, 0.2) is 11.5 Å². The number of rotatable bonds is 4. The summed E-state index contributed by atoms with van der Waals surface area (Å²) in [4.78, 5) is 13.8. The van der Waals surface area contributed by atoms with Crippen molar-refractivity contribution >= 4 is 25.6 Å². The lowest BCUT2D eigenvalue weighted by molar-refractivity contribution is 0.0792. The molecule has 8 heteroatoms. The highest BCUT2D eigenvalue weighted by atomic mass is 35.7. The van der Waals surface area contributed by atoms with Crippen LogP contribution in [0.25, 0.3) is 0 Å². The molecule has 0 radical (unpaired) electrons. The van der Waals surface area contributed by atoms with Gasteiger partial charge in [-0.05, 0) is 25.0 Å². The number of carbonyl (C=O) groups excluding carboxylic acids is 1. The zero-order valence-electron chi connectivity index (χ0n) is 11.8. The summed E-state index contributed by atoms with van der Waals surface area (Å²) in [5.74, 6) is -0.0951. The summed E-state index contributed by atoms with van der Waals surface area (Å²) in [6.45, 7) is 1.33. The minimum Gasteiger partial charge on any atom is -0.493 e. The predicted molar refractivity (Wildman–Crippen MR) is 77.7 cm³/mol. The Bertz CT molecular complexity index is 653. The van der Waals surface area contributed by atoms with Gasteiger partial charge in [0.05, 0.1) is 14.2 Å². The molecule has 2 rings (SSSR count). The van der Waals surface area contributed by atoms with Gasteiger partial charge in [-0.15, -0.1) is 0 Å². The highest BCUT2D eigenvalue weighted by Gasteiger charge is 2.26. The van der Waals surface area contributed by atoms with E-state index in [9.17, 15) is 13.2 Å². The lowest BCUT2D eigenvalue weighted by Crippen LogP contribution is -2.27. The number of methoxy groups -OCH3 is 2. The van der Waals surface area contributed by atoms with Crippen molar-refractivity contribution in [1.29, 1.82) is 0 Å². The molecule has 0 unspecified atom stereocenters. The molecule has 1 aliphatic heterocycles. The Morgan fingerprint density at radius 1 is 1.19 bits per heavy atom. The molecule has 21 heavy (non-hydrogen) atoms. The van der Waals surface area contributed by atoms with Crippen molar-refractivity contribution in [3.63, 3.8) is 0 Å². The van der Waals surface area contributed by atoms with E-state index in [2.05, 4.69) is 0 Å². The minimum absolute atomic E-state index is 0.00882. The minimum atomic E-state index is -4.06. The zero-order valence-corrected chi connectivity index (χ0v) is 13.3. The van der Waals surface area contributed by atoms with Gasteiger partial charge >= 0.3 is 0 Å². The first-order chi connectivity index (χ1) is 9.88. The summed E-state index contributed by atoms with van der Waals surface area (Å²) in [6, 6.07) is 2.69. The average Bonchev–Trinajstić information content (AvgIpc) is 2.98. The Balaban J connectivity index is 2.55. The van der Waals surface area contributed by atoms with Gasteiger partial charge in [-0.1, -0.05) is 0 Å². The number of halogens is 1. The summed E-state index contributed by atoms with van der Waals surface area (Å²) in [5, 5.41) is 0. The quantitative estimate of drug-likeness (QED) is 0.786. The molecule has 0 aliphatic carbocycles. The molecule has 1 heterocycles. The van der Waals surface area contributed by atoms with E-state index in [1.54, 1.807) is 4.90 Å². The Hall–Kier alpha value is -1.47. The molecule has 1 amide bonds. The first-order valence-electron chi connectivity index (χ1n) is 6.38. The molecule has 0 bridgehead atoms. The fourth-order valence-electron chi connectivity index (χ4n) is 2.34. The predicted octanol–water partition coefficient (Wildman–Crippen LogP) is 1.87. The molecule has 0 N–H and O–H groups in total. The number of likely N-dealkylation sites (tertiary alicyclic amines) is 1. The first-order valence-corrected chi connectivity index (χ1v) is 8.69. The lowest BCUT2D eigenvalue weighted by Gasteiger charge is -2.18. The molecule has 1 fully saturated rings. The van der Waals surface area contributed by atoms with Crippen molar-refractivity contribution in [2.75, 3.05) is 27.3 Å². The third kappa shape index (κ3) is 3.24. The second-order valence-electron chi connectivity index (χ2n) is 4.65. The van der Waals surface area contributed by atoms with E-state index < -0.39 is 9.05 Å². The van der Waals surface area contributed by atoms with Crippen LogP contribution in [0.5, 0.6) is 11.5 Å². The van der Waals surface area contributed by atoms with Gasteiger partial charge in [0, 0.05) is 29.3 Å². The second-order valence-corrected chi connectivity index (χ2v) is 7.18. The third-order valence-electron chi connectivity index (χ3n) is 3.35. The maximum Gasteiger partial charge on any atom is 0.265 e. The summed E-state index contributed by atoms with van der Waals surface area (Å²) < 4.78 is 33.5. The van der Waals surface area contributed by atoms with Gasteiger partial charge in [0.1, 0.15) is 4.90 Å². The molecule has 1 saturated heterocycles. The van der Waals surface area contributed by atoms with E-state index in [4.69, 9.17) is 20.2 Å². The second kappa shape index (κ2) is 6.11. The molecule has 116 valence electrons. The van der Waals surface area contributed by atoms with Crippen molar-refractivity contribution < 1.29 is 22.7 Å². The highest BCUT2D eigenvalue weighted by Crippen LogP contribution is 2.37. The van der Waals surface area contributed by atoms with Gasteiger partial charge < -0.3 is 14.4 Å². The fraction of sp³-hybridized carbons (Fsp3) is 0.462. The van der Waals surface area contributed by atoms with Gasteiger partial charge in [-0.2, -0.15) is 0 Å². The van der Waals surface area contributed by atoms with E-state index in [0.717, 1.165) is 12.8 Å². The molecule has 0 aromatic heterocycles. The fourth-order valence-corrected chi connectivity index (χ4v) is 3.35. The molecule has 0 spiro atoms. The van der Waals surface area contributed by atoms with Crippen LogP contribution in [0.2, 0.25) is 0 Å². The van der Waals surface area contributed by atoms with Gasteiger partial charge in [-0.25, -0.2) is 8.42 Å². The van der Waals surface area contributed by atoms with Crippen LogP contribution in [-0.2, 0) is 9.05 Å². The van der Waals surface area contributed by atoms with Crippen molar-refractivity contribution in [2.45, 2.75) is 17.7 Å². The largest absolute Gasteiger partial charge is 0.493 e. The Labute approximate surface area is 128 Å². The van der Waals surface area contributed by atoms with Crippen LogP contribution in [-0.4, -0.2) is 46.5 Å². The topological polar surface area (TPSA) is 72.9 Å². The van der Waals surface area contributed by atoms with Gasteiger partial charge in [-0.3, -0.25) is 4.79 Å². The monoisotopic (exact) mass is 333 g/mol. The molecular formula is C13H16ClNO5S. The number of nitrogens with zero attached hydrogens (tertiary/aromatic N) is 1. The Kier molecular flexibility index (Phi) is 4.63. The van der Waals surface area contributed by atoms with E-state index in [-0.39, 0.29) is 27.9 Å². The summed E-state index contributed by atoms with van der Waals surface area (Å²) in [7, 11) is 4.04. The van der Waals surface area contributed by atoms with Crippen molar-refractivity contribution in [1.82, 2.24) is 4.90 Å². The SMILES string of the molecule is COc1cc(C(=O)N2CCCC2)cc(S(=O)(=O)Cl)c1OC. The average molecular weight is 334 g/mol. The maximum absolute atomic E-state index is 12.4. The Morgan fingerprint density at radius 2 is 1.81 bits per heavy atom. The van der Waals surface area contributed by atoms with Crippen LogP contribution in [0.3, 0.4) is 0 Å². The maximum atomic E-state index is 12.4. The van der Waals surface area contributed by atoms with Gasteiger partial charge in [0.2, 0.25) is 0 Å². The lowest BCUT2D eigenvalue weighted by atomic mass is 10.1. The van der Waals surface area contributed by atoms with Crippen molar-refractivity contribution in [3.05, 3.63) is 17.7 Å². The zero-order chi connectivity index (χ0) is 15.6. The molecule has 6 nitrogen and oxygen atoms in total. The van der Waals surface area contributed by atoms with E-state index >= 15 is 0 Å². The molecule has 0 atom stereocenters. The van der Waals surface area contributed by atoms with E-state index in [1.165, 1.54) is 26.4 Å². The molecule has 1 aromatic rings. The number of carbonyl (C=O) groups is 1. The number of hydrogen-bond donors (Lipinski definition) is 0. The molecule has 1 aromatic carbocycles. The van der Waals surface area contributed by atoms with Crippen LogP contribution in [0, 0.1) is 0 Å². The third-order valence-corrected chi connectivity index (χ3v) is 4.68. The smallest absolute Gasteiger partial charge is 0.265 e. The highest BCUT2D eigenvalue weighted by molar-refractivity contribution is 8.13. The molecule has 0 saturated carbocycles. The van der Waals surface area contributed by atoms with Crippen LogP contribution in [0.4, 0.5) is 0 Å². The first kappa shape index (κ1) is 15.9. The Morgan fingerprint density at radius 3 is 2.29 bits per heavy atom. The van der Waals surface area contributed by atoms with Crippen molar-refractivity contribution in [3.8, 4) is 11.5 Å². The number of hydrogen-bond acceptors (Lipinski definition) is 5. The number of ether oxygens (including phenoxy) is 2. The van der Waals surface area contributed by atoms with Gasteiger partial charge in [0.25, 0.3) is 15.0 Å². The normalized spacial score (nSPS) is 15.1. The van der Waals surface area contributed by atoms with Crippen LogP contribution in [0.1, 0.15) is 23.2 Å². The summed E-state index contributed by atoms with van der Waals surface area (Å²) in [5.41, 5.74) is 0.216. The van der Waals surface area contributed by atoms with Crippen LogP contribution >= 0.6 is 10.7 Å². The molecule has 1 aliphatic rings. The van der Waals surface area contributed by atoms with Crippen LogP contribution in [0.15, 0.2) is 17.0 Å². The number of amides is 1.